The third kappa shape index (κ3) is 7.38. The number of anilines is 2. The van der Waals surface area contributed by atoms with E-state index < -0.39 is 0 Å². The van der Waals surface area contributed by atoms with Crippen molar-refractivity contribution in [3.05, 3.63) is 58.1 Å². The number of carbonyl (C=O) groups excluding carboxylic acids is 3. The van der Waals surface area contributed by atoms with Gasteiger partial charge in [-0.15, -0.1) is 0 Å². The number of para-hydroxylation sites is 1. The number of halogens is 1. The van der Waals surface area contributed by atoms with Crippen molar-refractivity contribution in [1.29, 1.82) is 0 Å². The summed E-state index contributed by atoms with van der Waals surface area (Å²) in [4.78, 5) is 40.0. The first kappa shape index (κ1) is 24.4. The van der Waals surface area contributed by atoms with Crippen molar-refractivity contribution < 1.29 is 14.4 Å². The van der Waals surface area contributed by atoms with Gasteiger partial charge in [-0.25, -0.2) is 0 Å². The molecular weight excluding hydrogens is 416 g/mol. The average Bonchev–Trinajstić information content (AvgIpc) is 2.66. The molecule has 0 spiro atoms. The van der Waals surface area contributed by atoms with Gasteiger partial charge in [-0.2, -0.15) is 0 Å². The fourth-order valence-electron chi connectivity index (χ4n) is 3.26. The maximum Gasteiger partial charge on any atom is 0.244 e. The predicted molar refractivity (Wildman–Crippen MR) is 124 cm³/mol. The lowest BCUT2D eigenvalue weighted by Gasteiger charge is -2.22. The lowest BCUT2D eigenvalue weighted by atomic mass is 10.1. The summed E-state index contributed by atoms with van der Waals surface area (Å²) in [7, 11) is 3.23. The van der Waals surface area contributed by atoms with Gasteiger partial charge in [-0.05, 0) is 51.1 Å². The summed E-state index contributed by atoms with van der Waals surface area (Å²) in [5.41, 5.74) is 4.41. The van der Waals surface area contributed by atoms with Crippen LogP contribution < -0.4 is 10.6 Å². The topological polar surface area (TPSA) is 81.8 Å². The first-order valence-corrected chi connectivity index (χ1v) is 10.3. The second-order valence-electron chi connectivity index (χ2n) is 7.77. The molecule has 0 fully saturated rings. The molecule has 0 bridgehead atoms. The zero-order chi connectivity index (χ0) is 23.1. The molecule has 2 aromatic rings. The van der Waals surface area contributed by atoms with Crippen LogP contribution in [0.1, 0.15) is 16.7 Å². The molecule has 0 aliphatic carbocycles. The van der Waals surface area contributed by atoms with Crippen LogP contribution in [0.25, 0.3) is 0 Å². The Morgan fingerprint density at radius 2 is 1.45 bits per heavy atom. The molecule has 0 atom stereocenters. The van der Waals surface area contributed by atoms with E-state index in [2.05, 4.69) is 10.6 Å². The summed E-state index contributed by atoms with van der Waals surface area (Å²) in [5.74, 6) is -0.827. The van der Waals surface area contributed by atoms with Gasteiger partial charge in [0.2, 0.25) is 17.7 Å². The molecule has 0 aromatic heterocycles. The van der Waals surface area contributed by atoms with Gasteiger partial charge >= 0.3 is 0 Å². The van der Waals surface area contributed by atoms with E-state index in [0.717, 1.165) is 22.4 Å². The molecule has 2 N–H and O–H groups in total. The molecule has 0 saturated carbocycles. The van der Waals surface area contributed by atoms with E-state index in [1.165, 1.54) is 4.90 Å². The van der Waals surface area contributed by atoms with Crippen molar-refractivity contribution in [1.82, 2.24) is 9.80 Å². The predicted octanol–water partition coefficient (Wildman–Crippen LogP) is 3.23. The third-order valence-electron chi connectivity index (χ3n) is 4.71. The molecule has 7 nitrogen and oxygen atoms in total. The third-order valence-corrected chi connectivity index (χ3v) is 5.04. The van der Waals surface area contributed by atoms with Crippen LogP contribution >= 0.6 is 11.6 Å². The second kappa shape index (κ2) is 10.9. The van der Waals surface area contributed by atoms with Crippen LogP contribution in [0, 0.1) is 20.8 Å². The van der Waals surface area contributed by atoms with E-state index in [1.54, 1.807) is 43.3 Å². The molecule has 0 heterocycles. The maximum absolute atomic E-state index is 12.4. The number of aryl methyl sites for hydroxylation is 3. The highest BCUT2D eigenvalue weighted by Crippen LogP contribution is 2.22. The molecule has 0 aliphatic rings. The van der Waals surface area contributed by atoms with E-state index in [1.807, 2.05) is 32.9 Å². The largest absolute Gasteiger partial charge is 0.335 e. The van der Waals surface area contributed by atoms with Crippen LogP contribution in [-0.4, -0.2) is 61.3 Å². The first-order chi connectivity index (χ1) is 14.6. The fourth-order valence-corrected chi connectivity index (χ4v) is 3.45. The second-order valence-corrected chi connectivity index (χ2v) is 8.18. The summed E-state index contributed by atoms with van der Waals surface area (Å²) in [6.45, 7) is 5.85. The zero-order valence-corrected chi connectivity index (χ0v) is 19.3. The minimum absolute atomic E-state index is 0.00908. The minimum Gasteiger partial charge on any atom is -0.335 e. The number of amides is 3. The molecule has 0 radical (unpaired) electrons. The van der Waals surface area contributed by atoms with Gasteiger partial charge in [0.1, 0.15) is 0 Å². The number of hydrogen-bond donors (Lipinski definition) is 2. The monoisotopic (exact) mass is 444 g/mol. The van der Waals surface area contributed by atoms with Crippen LogP contribution in [0.3, 0.4) is 0 Å². The highest BCUT2D eigenvalue weighted by atomic mass is 35.5. The van der Waals surface area contributed by atoms with E-state index >= 15 is 0 Å². The number of nitrogens with zero attached hydrogens (tertiary/aromatic N) is 2. The van der Waals surface area contributed by atoms with Gasteiger partial charge in [-0.1, -0.05) is 41.4 Å². The molecule has 3 amide bonds. The van der Waals surface area contributed by atoms with Crippen molar-refractivity contribution >= 4 is 40.7 Å². The van der Waals surface area contributed by atoms with Crippen molar-refractivity contribution in [3.63, 3.8) is 0 Å². The normalized spacial score (nSPS) is 10.7. The molecule has 0 unspecified atom stereocenters. The SMILES string of the molecule is Cc1cc(C)c(NC(=O)CN(C)CC(=O)N(C)CC(=O)Nc2ccccc2Cl)c(C)c1. The van der Waals surface area contributed by atoms with Gasteiger partial charge < -0.3 is 15.5 Å². The maximum atomic E-state index is 12.4. The highest BCUT2D eigenvalue weighted by Gasteiger charge is 2.17. The average molecular weight is 445 g/mol. The minimum atomic E-state index is -0.352. The van der Waals surface area contributed by atoms with Crippen LogP contribution in [-0.2, 0) is 14.4 Å². The number of carbonyl (C=O) groups is 3. The first-order valence-electron chi connectivity index (χ1n) is 9.91. The Kier molecular flexibility index (Phi) is 8.59. The Balaban J connectivity index is 1.83. The number of benzene rings is 2. The number of likely N-dealkylation sites (N-methyl/N-ethyl adjacent to an activating group) is 2. The Hall–Kier alpha value is -2.90. The Morgan fingerprint density at radius 3 is 2.06 bits per heavy atom. The summed E-state index contributed by atoms with van der Waals surface area (Å²) in [6.07, 6.45) is 0. The molecule has 31 heavy (non-hydrogen) atoms. The smallest absolute Gasteiger partial charge is 0.244 e. The van der Waals surface area contributed by atoms with E-state index in [0.29, 0.717) is 10.7 Å². The number of rotatable bonds is 8. The van der Waals surface area contributed by atoms with Gasteiger partial charge in [0, 0.05) is 12.7 Å². The van der Waals surface area contributed by atoms with Gasteiger partial charge in [0.25, 0.3) is 0 Å². The summed E-state index contributed by atoms with van der Waals surface area (Å²) < 4.78 is 0. The van der Waals surface area contributed by atoms with Gasteiger partial charge in [0.05, 0.1) is 30.3 Å². The lowest BCUT2D eigenvalue weighted by molar-refractivity contribution is -0.134. The zero-order valence-electron chi connectivity index (χ0n) is 18.6. The molecule has 8 heteroatoms. The van der Waals surface area contributed by atoms with E-state index in [9.17, 15) is 14.4 Å². The Bertz CT molecular complexity index is 954. The van der Waals surface area contributed by atoms with Crippen molar-refractivity contribution in [2.24, 2.45) is 0 Å². The molecule has 2 rings (SSSR count). The number of hydrogen-bond acceptors (Lipinski definition) is 4. The van der Waals surface area contributed by atoms with Crippen LogP contribution in [0.4, 0.5) is 11.4 Å². The standard InChI is InChI=1S/C23H29ClN4O3/c1-15-10-16(2)23(17(3)11-15)26-20(29)12-27(4)14-22(31)28(5)13-21(30)25-19-9-7-6-8-18(19)24/h6-11H,12-14H2,1-5H3,(H,25,30)(H,26,29). The summed E-state index contributed by atoms with van der Waals surface area (Å²) in [6, 6.07) is 10.9. The van der Waals surface area contributed by atoms with Crippen LogP contribution in [0.2, 0.25) is 5.02 Å². The van der Waals surface area contributed by atoms with Gasteiger partial charge in [0.15, 0.2) is 0 Å². The summed E-state index contributed by atoms with van der Waals surface area (Å²) >= 11 is 6.03. The Morgan fingerprint density at radius 1 is 0.871 bits per heavy atom. The van der Waals surface area contributed by atoms with Crippen LogP contribution in [0.5, 0.6) is 0 Å². The molecule has 2 aromatic carbocycles. The fraction of sp³-hybridized carbons (Fsp3) is 0.348. The van der Waals surface area contributed by atoms with E-state index in [-0.39, 0.29) is 37.4 Å². The molecular formula is C23H29ClN4O3. The van der Waals surface area contributed by atoms with Crippen molar-refractivity contribution in [3.8, 4) is 0 Å². The van der Waals surface area contributed by atoms with Crippen molar-refractivity contribution in [2.45, 2.75) is 20.8 Å². The van der Waals surface area contributed by atoms with Crippen LogP contribution in [0.15, 0.2) is 36.4 Å². The molecule has 0 aliphatic heterocycles. The van der Waals surface area contributed by atoms with Crippen molar-refractivity contribution in [2.75, 3.05) is 44.4 Å². The molecule has 0 saturated heterocycles. The summed E-state index contributed by atoms with van der Waals surface area (Å²) in [5, 5.41) is 6.03. The quantitative estimate of drug-likeness (QED) is 0.655. The highest BCUT2D eigenvalue weighted by molar-refractivity contribution is 6.33. The molecule has 166 valence electrons. The Labute approximate surface area is 188 Å². The van der Waals surface area contributed by atoms with Gasteiger partial charge in [-0.3, -0.25) is 19.3 Å². The number of nitrogens with one attached hydrogen (secondary N) is 2. The lowest BCUT2D eigenvalue weighted by Crippen LogP contribution is -2.42. The van der Waals surface area contributed by atoms with E-state index in [4.69, 9.17) is 11.6 Å².